The van der Waals surface area contributed by atoms with Crippen molar-refractivity contribution in [2.45, 2.75) is 22.6 Å². The normalized spacial score (nSPS) is 12.8. The Bertz CT molecular complexity index is 598. The summed E-state index contributed by atoms with van der Waals surface area (Å²) in [5, 5.41) is 0. The average molecular weight is 304 g/mol. The van der Waals surface area contributed by atoms with Gasteiger partial charge in [0.15, 0.2) is 0 Å². The van der Waals surface area contributed by atoms with Gasteiger partial charge in [0.25, 0.3) is 0 Å². The van der Waals surface area contributed by atoms with Crippen LogP contribution in [0.5, 0.6) is 0 Å². The molecule has 4 heteroatoms. The van der Waals surface area contributed by atoms with Crippen molar-refractivity contribution in [2.75, 3.05) is 10.8 Å². The molecule has 2 aromatic carbocycles. The maximum absolute atomic E-state index is 12.5. The topological polar surface area (TPSA) is 20.3 Å². The maximum atomic E-state index is 12.5. The molecule has 0 radical (unpaired) electrons. The Kier molecular flexibility index (Phi) is 3.99. The molecule has 0 N–H and O–H groups in total. The van der Waals surface area contributed by atoms with Gasteiger partial charge in [0, 0.05) is 22.1 Å². The van der Waals surface area contributed by atoms with Crippen LogP contribution in [0.1, 0.15) is 12.8 Å². The molecule has 0 atom stereocenters. The number of carbonyl (C=O) groups excluding carboxylic acids is 1. The van der Waals surface area contributed by atoms with Crippen molar-refractivity contribution in [2.24, 2.45) is 0 Å². The summed E-state index contributed by atoms with van der Waals surface area (Å²) in [5.74, 6) is 0.614. The highest BCUT2D eigenvalue weighted by Gasteiger charge is 2.27. The van der Waals surface area contributed by atoms with Gasteiger partial charge in [0.2, 0.25) is 5.91 Å². The van der Waals surface area contributed by atoms with Gasteiger partial charge in [0.05, 0.1) is 11.4 Å². The molecule has 1 amide bonds. The average Bonchev–Trinajstić information content (AvgIpc) is 2.50. The van der Waals surface area contributed by atoms with Gasteiger partial charge >= 0.3 is 0 Å². The fourth-order valence-electron chi connectivity index (χ4n) is 2.30. The van der Waals surface area contributed by atoms with Crippen LogP contribution in [-0.2, 0) is 4.79 Å². The third-order valence-corrected chi connectivity index (χ3v) is 4.60. The second-order valence-corrected chi connectivity index (χ2v) is 6.02. The van der Waals surface area contributed by atoms with Gasteiger partial charge in [-0.15, -0.1) is 11.6 Å². The van der Waals surface area contributed by atoms with Crippen LogP contribution in [0.2, 0.25) is 0 Å². The van der Waals surface area contributed by atoms with E-state index < -0.39 is 0 Å². The predicted molar refractivity (Wildman–Crippen MR) is 84.1 cm³/mol. The first-order valence-electron chi connectivity index (χ1n) is 6.56. The molecule has 2 aromatic rings. The van der Waals surface area contributed by atoms with Gasteiger partial charge < -0.3 is 0 Å². The zero-order valence-corrected chi connectivity index (χ0v) is 12.5. The van der Waals surface area contributed by atoms with Crippen LogP contribution < -0.4 is 4.90 Å². The number of hydrogen-bond donors (Lipinski definition) is 0. The highest BCUT2D eigenvalue weighted by molar-refractivity contribution is 7.99. The number of para-hydroxylation sites is 2. The lowest BCUT2D eigenvalue weighted by Crippen LogP contribution is -2.28. The van der Waals surface area contributed by atoms with Crippen LogP contribution in [0.3, 0.4) is 0 Å². The smallest absolute Gasteiger partial charge is 0.231 e. The highest BCUT2D eigenvalue weighted by Crippen LogP contribution is 2.48. The van der Waals surface area contributed by atoms with E-state index in [1.807, 2.05) is 41.3 Å². The molecule has 0 saturated heterocycles. The van der Waals surface area contributed by atoms with Gasteiger partial charge in [-0.2, -0.15) is 0 Å². The zero-order valence-electron chi connectivity index (χ0n) is 10.9. The first-order valence-corrected chi connectivity index (χ1v) is 7.91. The molecular weight excluding hydrogens is 290 g/mol. The van der Waals surface area contributed by atoms with Gasteiger partial charge in [-0.25, -0.2) is 0 Å². The number of nitrogens with zero attached hydrogens (tertiary/aromatic N) is 1. The Hall–Kier alpha value is -1.45. The van der Waals surface area contributed by atoms with Crippen molar-refractivity contribution in [3.63, 3.8) is 0 Å². The summed E-state index contributed by atoms with van der Waals surface area (Å²) in [6, 6.07) is 16.0. The fourth-order valence-corrected chi connectivity index (χ4v) is 3.49. The van der Waals surface area contributed by atoms with E-state index in [1.165, 1.54) is 0 Å². The molecule has 0 saturated carbocycles. The summed E-state index contributed by atoms with van der Waals surface area (Å²) in [5.41, 5.74) is 1.94. The summed E-state index contributed by atoms with van der Waals surface area (Å²) in [6.45, 7) is 0. The van der Waals surface area contributed by atoms with Crippen molar-refractivity contribution >= 4 is 40.6 Å². The molecule has 1 heterocycles. The number of carbonyl (C=O) groups is 1. The Labute approximate surface area is 127 Å². The second kappa shape index (κ2) is 5.90. The number of benzene rings is 2. The Balaban J connectivity index is 2.05. The van der Waals surface area contributed by atoms with Crippen LogP contribution >= 0.6 is 23.4 Å². The van der Waals surface area contributed by atoms with Crippen molar-refractivity contribution in [3.05, 3.63) is 48.5 Å². The minimum Gasteiger partial charge on any atom is -0.279 e. The predicted octanol–water partition coefficient (Wildman–Crippen LogP) is 4.83. The molecule has 20 heavy (non-hydrogen) atoms. The lowest BCUT2D eigenvalue weighted by atomic mass is 10.2. The number of anilines is 2. The summed E-state index contributed by atoms with van der Waals surface area (Å²) < 4.78 is 0. The number of hydrogen-bond acceptors (Lipinski definition) is 2. The molecule has 2 nitrogen and oxygen atoms in total. The van der Waals surface area contributed by atoms with Crippen LogP contribution in [0, 0.1) is 0 Å². The molecule has 0 aromatic heterocycles. The summed E-state index contributed by atoms with van der Waals surface area (Å²) in [7, 11) is 0. The molecule has 1 aliphatic heterocycles. The van der Waals surface area contributed by atoms with Crippen LogP contribution in [0.4, 0.5) is 11.4 Å². The van der Waals surface area contributed by atoms with Gasteiger partial charge in [-0.05, 0) is 30.7 Å². The minimum atomic E-state index is 0.103. The molecule has 0 unspecified atom stereocenters. The Morgan fingerprint density at radius 3 is 2.10 bits per heavy atom. The van der Waals surface area contributed by atoms with E-state index in [-0.39, 0.29) is 5.91 Å². The molecule has 0 aliphatic carbocycles. The zero-order chi connectivity index (χ0) is 13.9. The van der Waals surface area contributed by atoms with E-state index in [1.54, 1.807) is 11.8 Å². The lowest BCUT2D eigenvalue weighted by molar-refractivity contribution is -0.117. The lowest BCUT2D eigenvalue weighted by Gasteiger charge is -2.31. The van der Waals surface area contributed by atoms with E-state index in [0.717, 1.165) is 21.2 Å². The third-order valence-electron chi connectivity index (χ3n) is 3.21. The van der Waals surface area contributed by atoms with Crippen LogP contribution in [0.15, 0.2) is 58.3 Å². The van der Waals surface area contributed by atoms with Crippen LogP contribution in [0.25, 0.3) is 0 Å². The number of alkyl halides is 1. The number of rotatable bonds is 3. The van der Waals surface area contributed by atoms with Gasteiger partial charge in [-0.1, -0.05) is 36.0 Å². The van der Waals surface area contributed by atoms with E-state index in [0.29, 0.717) is 18.7 Å². The third kappa shape index (κ3) is 2.43. The van der Waals surface area contributed by atoms with Crippen molar-refractivity contribution in [1.29, 1.82) is 0 Å². The maximum Gasteiger partial charge on any atom is 0.231 e. The first kappa shape index (κ1) is 13.5. The highest BCUT2D eigenvalue weighted by atomic mass is 35.5. The molecule has 0 spiro atoms. The van der Waals surface area contributed by atoms with Crippen LogP contribution in [-0.4, -0.2) is 11.8 Å². The van der Waals surface area contributed by atoms with E-state index in [2.05, 4.69) is 12.1 Å². The quantitative estimate of drug-likeness (QED) is 0.757. The second-order valence-electron chi connectivity index (χ2n) is 4.56. The Morgan fingerprint density at radius 2 is 1.55 bits per heavy atom. The number of halogens is 1. The van der Waals surface area contributed by atoms with E-state index in [9.17, 15) is 4.79 Å². The van der Waals surface area contributed by atoms with Gasteiger partial charge in [0.1, 0.15) is 0 Å². The van der Waals surface area contributed by atoms with Gasteiger partial charge in [-0.3, -0.25) is 9.69 Å². The number of fused-ring (bicyclic) bond motifs is 2. The molecule has 0 fully saturated rings. The SMILES string of the molecule is O=C(CCCCl)N1c2ccccc2Sc2ccccc21. The molecule has 0 bridgehead atoms. The summed E-state index contributed by atoms with van der Waals surface area (Å²) >= 11 is 7.42. The standard InChI is InChI=1S/C16H14ClNOS/c17-11-5-10-16(19)18-12-6-1-3-8-14(12)20-15-9-4-2-7-13(15)18/h1-4,6-9H,5,10-11H2. The summed E-state index contributed by atoms with van der Waals surface area (Å²) in [6.07, 6.45) is 1.17. The van der Waals surface area contributed by atoms with E-state index >= 15 is 0 Å². The monoisotopic (exact) mass is 303 g/mol. The minimum absolute atomic E-state index is 0.103. The first-order chi connectivity index (χ1) is 9.81. The fraction of sp³-hybridized carbons (Fsp3) is 0.188. The van der Waals surface area contributed by atoms with Crippen molar-refractivity contribution in [1.82, 2.24) is 0 Å². The van der Waals surface area contributed by atoms with Crippen molar-refractivity contribution < 1.29 is 4.79 Å². The summed E-state index contributed by atoms with van der Waals surface area (Å²) in [4.78, 5) is 16.6. The molecule has 3 rings (SSSR count). The van der Waals surface area contributed by atoms with Crippen molar-refractivity contribution in [3.8, 4) is 0 Å². The molecular formula is C16H14ClNOS. The molecule has 1 aliphatic rings. The largest absolute Gasteiger partial charge is 0.279 e. The number of amides is 1. The van der Waals surface area contributed by atoms with E-state index in [4.69, 9.17) is 11.6 Å². The molecule has 102 valence electrons. The Morgan fingerprint density at radius 1 is 1.00 bits per heavy atom.